The Kier molecular flexibility index (Phi) is 6.99. The summed E-state index contributed by atoms with van der Waals surface area (Å²) >= 11 is 0. The summed E-state index contributed by atoms with van der Waals surface area (Å²) in [5, 5.41) is 40.5. The monoisotopic (exact) mass is 512 g/mol. The molecule has 6 unspecified atom stereocenters. The van der Waals surface area contributed by atoms with Crippen LogP contribution in [0.1, 0.15) is 64.2 Å². The topological polar surface area (TPSA) is 167 Å². The maximum absolute atomic E-state index is 12.8. The van der Waals surface area contributed by atoms with Gasteiger partial charge in [-0.2, -0.15) is 10.5 Å². The lowest BCUT2D eigenvalue weighted by Gasteiger charge is -2.47. The van der Waals surface area contributed by atoms with E-state index in [2.05, 4.69) is 17.5 Å². The molecule has 4 saturated carbocycles. The molecule has 0 radical (unpaired) electrons. The van der Waals surface area contributed by atoms with Crippen LogP contribution in [0.3, 0.4) is 0 Å². The van der Waals surface area contributed by atoms with Crippen LogP contribution in [0.5, 0.6) is 0 Å². The smallest absolute Gasteiger partial charge is 0.241 e. The molecule has 2 saturated heterocycles. The average molecular weight is 513 g/mol. The van der Waals surface area contributed by atoms with Crippen LogP contribution in [-0.4, -0.2) is 88.3 Å². The van der Waals surface area contributed by atoms with Crippen molar-refractivity contribution in [3.8, 4) is 12.1 Å². The summed E-state index contributed by atoms with van der Waals surface area (Å²) in [6.45, 7) is 0.0163. The molecule has 37 heavy (non-hydrogen) atoms. The van der Waals surface area contributed by atoms with Crippen molar-refractivity contribution in [2.75, 3.05) is 20.3 Å². The second-order valence-electron chi connectivity index (χ2n) is 12.3. The highest BCUT2D eigenvalue weighted by Crippen LogP contribution is 2.51. The number of nitriles is 2. The fourth-order valence-electron chi connectivity index (χ4n) is 7.41. The number of piperidine rings is 2. The molecule has 10 nitrogen and oxygen atoms in total. The average Bonchev–Trinajstić information content (AvgIpc) is 3.74. The molecule has 0 aromatic carbocycles. The lowest BCUT2D eigenvalue weighted by molar-refractivity contribution is -0.142. The number of carbonyl (C=O) groups is 2. The Morgan fingerprint density at radius 2 is 1.35 bits per heavy atom. The van der Waals surface area contributed by atoms with Crippen LogP contribution >= 0.6 is 0 Å². The summed E-state index contributed by atoms with van der Waals surface area (Å²) in [6, 6.07) is 3.42. The van der Waals surface area contributed by atoms with Crippen LogP contribution in [0.4, 0.5) is 0 Å². The first-order valence-corrected chi connectivity index (χ1v) is 13.9. The Balaban J connectivity index is 0.000000152. The zero-order valence-corrected chi connectivity index (χ0v) is 21.7. The fourth-order valence-corrected chi connectivity index (χ4v) is 7.41. The summed E-state index contributed by atoms with van der Waals surface area (Å²) in [5.74, 6) is 0.947. The maximum atomic E-state index is 12.8. The van der Waals surface area contributed by atoms with Crippen LogP contribution < -0.4 is 11.1 Å². The first-order valence-electron chi connectivity index (χ1n) is 13.9. The molecule has 2 aliphatic heterocycles. The van der Waals surface area contributed by atoms with E-state index in [1.165, 1.54) is 0 Å². The van der Waals surface area contributed by atoms with E-state index in [9.17, 15) is 25.1 Å². The second kappa shape index (κ2) is 9.81. The van der Waals surface area contributed by atoms with Gasteiger partial charge in [0.1, 0.15) is 12.1 Å². The van der Waals surface area contributed by atoms with Gasteiger partial charge >= 0.3 is 0 Å². The van der Waals surface area contributed by atoms with Crippen LogP contribution in [-0.2, 0) is 9.59 Å². The van der Waals surface area contributed by atoms with Gasteiger partial charge in [0.25, 0.3) is 0 Å². The first-order chi connectivity index (χ1) is 17.8. The molecule has 0 spiro atoms. The van der Waals surface area contributed by atoms with E-state index in [-0.39, 0.29) is 60.7 Å². The molecule has 0 aromatic rings. The molecule has 202 valence electrons. The molecule has 6 aliphatic rings. The van der Waals surface area contributed by atoms with E-state index in [1.54, 1.807) is 16.8 Å². The third-order valence-electron chi connectivity index (χ3n) is 10.4. The fraction of sp³-hybridized carbons (Fsp3) is 0.852. The number of nitrogens with zero attached hydrogens (tertiary/aromatic N) is 4. The number of aliphatic hydroxyl groups is 2. The minimum absolute atomic E-state index is 0.0211. The maximum Gasteiger partial charge on any atom is 0.241 e. The van der Waals surface area contributed by atoms with Crippen molar-refractivity contribution in [2.24, 2.45) is 28.4 Å². The number of rotatable bonds is 7. The lowest BCUT2D eigenvalue weighted by Crippen LogP contribution is -2.60. The standard InChI is InChI=1S/C14H21N3O2.C13H19N3O2/c1-16-12(14(8-18)3-2-4-14)13(19)17-10(7-15)5-9-6-11(9)17;14-6-9-4-8-5-10(8)16(9)12(18)11(15)13(7-17)2-1-3-13/h9-12,16,18H,2-6,8H2,1H3;8-11,17H,1-5,7,15H2/t9?,10?,11?,12-;8?,9?,10?,11-/m11/s1. The molecular weight excluding hydrogens is 472 g/mol. The minimum Gasteiger partial charge on any atom is -0.396 e. The molecule has 2 heterocycles. The molecule has 6 fully saturated rings. The Bertz CT molecular complexity index is 987. The van der Waals surface area contributed by atoms with Gasteiger partial charge in [-0.3, -0.25) is 9.59 Å². The molecule has 5 N–H and O–H groups in total. The zero-order valence-electron chi connectivity index (χ0n) is 21.7. The lowest BCUT2D eigenvalue weighted by atomic mass is 9.64. The molecule has 6 rings (SSSR count). The Morgan fingerprint density at radius 3 is 1.70 bits per heavy atom. The van der Waals surface area contributed by atoms with E-state index >= 15 is 0 Å². The molecule has 4 aliphatic carbocycles. The van der Waals surface area contributed by atoms with Crippen LogP contribution in [0.2, 0.25) is 0 Å². The number of fused-ring (bicyclic) bond motifs is 2. The van der Waals surface area contributed by atoms with E-state index in [0.717, 1.165) is 64.2 Å². The number of likely N-dealkylation sites (tertiary alicyclic amines) is 2. The van der Waals surface area contributed by atoms with Crippen molar-refractivity contribution >= 4 is 11.8 Å². The quantitative estimate of drug-likeness (QED) is 0.376. The summed E-state index contributed by atoms with van der Waals surface area (Å²) in [7, 11) is 1.78. The highest BCUT2D eigenvalue weighted by molar-refractivity contribution is 5.85. The molecule has 0 bridgehead atoms. The number of hydrogen-bond acceptors (Lipinski definition) is 8. The summed E-state index contributed by atoms with van der Waals surface area (Å²) < 4.78 is 0. The van der Waals surface area contributed by atoms with Crippen molar-refractivity contribution in [1.82, 2.24) is 15.1 Å². The number of amides is 2. The number of carbonyl (C=O) groups excluding carboxylic acids is 2. The molecular formula is C27H40N6O4. The SMILES string of the molecule is CN[C@H](C(=O)N1C(C#N)CC2CC21)C1(CO)CCC1.N#CC1CC2CC2N1C(=O)[C@@H](N)C1(CO)CCC1. The van der Waals surface area contributed by atoms with E-state index in [1.807, 2.05) is 0 Å². The van der Waals surface area contributed by atoms with Gasteiger partial charge in [-0.25, -0.2) is 0 Å². The van der Waals surface area contributed by atoms with Gasteiger partial charge in [-0.1, -0.05) is 12.8 Å². The Hall–Kier alpha value is -2.24. The summed E-state index contributed by atoms with van der Waals surface area (Å²) in [5.41, 5.74) is 5.35. The largest absolute Gasteiger partial charge is 0.396 e. The predicted octanol–water partition coefficient (Wildman–Crippen LogP) is 0.239. The summed E-state index contributed by atoms with van der Waals surface area (Å²) in [4.78, 5) is 28.8. The van der Waals surface area contributed by atoms with Crippen LogP contribution in [0, 0.1) is 45.3 Å². The van der Waals surface area contributed by atoms with Crippen molar-refractivity contribution in [3.05, 3.63) is 0 Å². The number of aliphatic hydroxyl groups excluding tert-OH is 2. The van der Waals surface area contributed by atoms with Crippen LogP contribution in [0.25, 0.3) is 0 Å². The van der Waals surface area contributed by atoms with E-state index in [0.29, 0.717) is 11.8 Å². The second-order valence-corrected chi connectivity index (χ2v) is 12.3. The third-order valence-corrected chi connectivity index (χ3v) is 10.4. The molecule has 2 amide bonds. The summed E-state index contributed by atoms with van der Waals surface area (Å²) in [6.07, 6.45) is 9.19. The van der Waals surface area contributed by atoms with E-state index in [4.69, 9.17) is 11.0 Å². The zero-order chi connectivity index (χ0) is 26.5. The number of nitrogens with two attached hydrogens (primary N) is 1. The minimum atomic E-state index is -0.647. The molecule has 0 aromatic heterocycles. The number of nitrogens with one attached hydrogen (secondary N) is 1. The van der Waals surface area contributed by atoms with Gasteiger partial charge in [0.15, 0.2) is 0 Å². The van der Waals surface area contributed by atoms with Crippen molar-refractivity contribution < 1.29 is 19.8 Å². The van der Waals surface area contributed by atoms with Crippen LogP contribution in [0.15, 0.2) is 0 Å². The number of likely N-dealkylation sites (N-methyl/N-ethyl adjacent to an activating group) is 1. The van der Waals surface area contributed by atoms with Crippen molar-refractivity contribution in [2.45, 2.75) is 100 Å². The van der Waals surface area contributed by atoms with Gasteiger partial charge < -0.3 is 31.1 Å². The van der Waals surface area contributed by atoms with E-state index < -0.39 is 11.5 Å². The van der Waals surface area contributed by atoms with Gasteiger partial charge in [-0.05, 0) is 70.3 Å². The Morgan fingerprint density at radius 1 is 0.892 bits per heavy atom. The van der Waals surface area contributed by atoms with Gasteiger partial charge in [0.2, 0.25) is 11.8 Å². The van der Waals surface area contributed by atoms with Gasteiger partial charge in [0.05, 0.1) is 37.4 Å². The normalized spacial score (nSPS) is 36.7. The predicted molar refractivity (Wildman–Crippen MR) is 133 cm³/mol. The number of hydrogen-bond donors (Lipinski definition) is 4. The molecule has 8 atom stereocenters. The highest BCUT2D eigenvalue weighted by Gasteiger charge is 2.58. The van der Waals surface area contributed by atoms with Gasteiger partial charge in [0, 0.05) is 22.9 Å². The Labute approximate surface area is 218 Å². The first kappa shape index (κ1) is 26.4. The van der Waals surface area contributed by atoms with Gasteiger partial charge in [-0.15, -0.1) is 0 Å². The molecule has 10 heteroatoms. The highest BCUT2D eigenvalue weighted by atomic mass is 16.3. The third kappa shape index (κ3) is 4.23. The van der Waals surface area contributed by atoms with Crippen molar-refractivity contribution in [3.63, 3.8) is 0 Å². The van der Waals surface area contributed by atoms with Crippen molar-refractivity contribution in [1.29, 1.82) is 10.5 Å².